The number of benzene rings is 2. The van der Waals surface area contributed by atoms with Gasteiger partial charge in [0.25, 0.3) is 5.56 Å². The molecule has 2 aromatic heterocycles. The van der Waals surface area contributed by atoms with Gasteiger partial charge in [-0.2, -0.15) is 0 Å². The van der Waals surface area contributed by atoms with Gasteiger partial charge in [0.05, 0.1) is 6.33 Å². The third-order valence-corrected chi connectivity index (χ3v) is 6.86. The normalized spacial score (nSPS) is 15.9. The van der Waals surface area contributed by atoms with Gasteiger partial charge in [0, 0.05) is 56.6 Å². The number of aromatic nitrogens is 3. The maximum Gasteiger partial charge on any atom is 0.277 e. The molecule has 2 aromatic carbocycles. The highest BCUT2D eigenvalue weighted by molar-refractivity contribution is 6.04. The van der Waals surface area contributed by atoms with Gasteiger partial charge < -0.3 is 19.4 Å². The summed E-state index contributed by atoms with van der Waals surface area (Å²) in [5.41, 5.74) is 4.19. The monoisotopic (exact) mass is 473 g/mol. The molecule has 4 heterocycles. The summed E-state index contributed by atoms with van der Waals surface area (Å²) < 4.78 is 12.4. The van der Waals surface area contributed by atoms with Gasteiger partial charge in [0.1, 0.15) is 11.0 Å². The van der Waals surface area contributed by atoms with Crippen molar-refractivity contribution in [3.8, 4) is 11.5 Å². The molecule has 2 aliphatic rings. The van der Waals surface area contributed by atoms with E-state index in [0.29, 0.717) is 30.7 Å². The van der Waals surface area contributed by atoms with Gasteiger partial charge in [0.15, 0.2) is 11.5 Å². The van der Waals surface area contributed by atoms with Crippen LogP contribution in [0.25, 0.3) is 21.9 Å². The number of amides is 1. The molecular weight excluding hydrogens is 446 g/mol. The number of hydrogen-bond acceptors (Lipinski definition) is 6. The molecule has 9 nitrogen and oxygen atoms in total. The van der Waals surface area contributed by atoms with Crippen molar-refractivity contribution in [2.75, 3.05) is 33.0 Å². The quantitative estimate of drug-likeness (QED) is 0.479. The SMILES string of the molecule is Cc1ccc2[nH]c3c(=O)n(CCC(=O)N4CCN(Cc5ccc6c(c5)OCO6)CC4)cnc3c2c1. The van der Waals surface area contributed by atoms with Gasteiger partial charge in [-0.05, 0) is 36.8 Å². The van der Waals surface area contributed by atoms with Crippen molar-refractivity contribution < 1.29 is 14.3 Å². The Labute approximate surface area is 201 Å². The molecule has 0 radical (unpaired) electrons. The highest BCUT2D eigenvalue weighted by Crippen LogP contribution is 2.33. The summed E-state index contributed by atoms with van der Waals surface area (Å²) in [5.74, 6) is 1.64. The lowest BCUT2D eigenvalue weighted by Crippen LogP contribution is -2.48. The highest BCUT2D eigenvalue weighted by atomic mass is 16.7. The van der Waals surface area contributed by atoms with Crippen LogP contribution in [0.1, 0.15) is 17.5 Å². The van der Waals surface area contributed by atoms with Gasteiger partial charge in [-0.3, -0.25) is 19.1 Å². The summed E-state index contributed by atoms with van der Waals surface area (Å²) in [6.45, 7) is 6.38. The molecule has 9 heteroatoms. The van der Waals surface area contributed by atoms with Crippen LogP contribution in [0.15, 0.2) is 47.5 Å². The number of piperazine rings is 1. The van der Waals surface area contributed by atoms with Crippen molar-refractivity contribution in [3.63, 3.8) is 0 Å². The van der Waals surface area contributed by atoms with E-state index in [1.807, 2.05) is 42.2 Å². The first-order valence-electron chi connectivity index (χ1n) is 11.9. The van der Waals surface area contributed by atoms with Crippen molar-refractivity contribution >= 4 is 27.8 Å². The standard InChI is InChI=1S/C26H27N5O4/c1-17-2-4-20-19(12-17)24-25(28-20)26(33)31(15-27-24)7-6-23(32)30-10-8-29(9-11-30)14-18-3-5-21-22(13-18)35-16-34-21/h2-5,12-13,15,28H,6-11,14,16H2,1H3. The number of nitrogens with zero attached hydrogens (tertiary/aromatic N) is 4. The average molecular weight is 474 g/mol. The highest BCUT2D eigenvalue weighted by Gasteiger charge is 2.22. The van der Waals surface area contributed by atoms with Crippen LogP contribution in [-0.2, 0) is 17.9 Å². The molecule has 2 aliphatic heterocycles. The van der Waals surface area contributed by atoms with Gasteiger partial charge in [-0.15, -0.1) is 0 Å². The predicted molar refractivity (Wildman–Crippen MR) is 132 cm³/mol. The molecule has 0 saturated carbocycles. The number of aryl methyl sites for hydroxylation is 2. The van der Waals surface area contributed by atoms with E-state index in [9.17, 15) is 9.59 Å². The molecule has 0 bridgehead atoms. The van der Waals surface area contributed by atoms with Crippen LogP contribution in [0.4, 0.5) is 0 Å². The average Bonchev–Trinajstić information content (AvgIpc) is 3.48. The van der Waals surface area contributed by atoms with Crippen molar-refractivity contribution in [2.45, 2.75) is 26.4 Å². The van der Waals surface area contributed by atoms with Crippen LogP contribution in [0, 0.1) is 6.92 Å². The Kier molecular flexibility index (Phi) is 5.41. The minimum atomic E-state index is -0.148. The molecule has 1 fully saturated rings. The first-order valence-corrected chi connectivity index (χ1v) is 11.9. The van der Waals surface area contributed by atoms with E-state index in [-0.39, 0.29) is 24.7 Å². The molecule has 0 atom stereocenters. The molecule has 1 N–H and O–H groups in total. The largest absolute Gasteiger partial charge is 0.454 e. The van der Waals surface area contributed by atoms with E-state index in [1.165, 1.54) is 10.1 Å². The summed E-state index contributed by atoms with van der Waals surface area (Å²) in [4.78, 5) is 37.8. The second-order valence-electron chi connectivity index (χ2n) is 9.24. The van der Waals surface area contributed by atoms with Crippen LogP contribution in [0.2, 0.25) is 0 Å². The number of aromatic amines is 1. The summed E-state index contributed by atoms with van der Waals surface area (Å²) >= 11 is 0. The van der Waals surface area contributed by atoms with Crippen molar-refractivity contribution in [1.82, 2.24) is 24.3 Å². The smallest absolute Gasteiger partial charge is 0.277 e. The minimum Gasteiger partial charge on any atom is -0.454 e. The Hall–Kier alpha value is -3.85. The zero-order valence-corrected chi connectivity index (χ0v) is 19.6. The van der Waals surface area contributed by atoms with E-state index >= 15 is 0 Å². The molecule has 35 heavy (non-hydrogen) atoms. The molecule has 4 aromatic rings. The molecule has 0 unspecified atom stereocenters. The molecule has 180 valence electrons. The molecule has 1 amide bonds. The molecule has 0 spiro atoms. The molecule has 1 saturated heterocycles. The summed E-state index contributed by atoms with van der Waals surface area (Å²) in [7, 11) is 0. The number of hydrogen-bond donors (Lipinski definition) is 1. The maximum absolute atomic E-state index is 13.0. The van der Waals surface area contributed by atoms with Gasteiger partial charge in [-0.25, -0.2) is 4.98 Å². The second-order valence-corrected chi connectivity index (χ2v) is 9.24. The van der Waals surface area contributed by atoms with Gasteiger partial charge >= 0.3 is 0 Å². The summed E-state index contributed by atoms with van der Waals surface area (Å²) in [5, 5.41) is 0.943. The van der Waals surface area contributed by atoms with Crippen LogP contribution >= 0.6 is 0 Å². The first kappa shape index (κ1) is 21.7. The van der Waals surface area contributed by atoms with E-state index in [4.69, 9.17) is 9.47 Å². The van der Waals surface area contributed by atoms with E-state index < -0.39 is 0 Å². The van der Waals surface area contributed by atoms with Crippen LogP contribution in [0.5, 0.6) is 11.5 Å². The number of carbonyl (C=O) groups is 1. The predicted octanol–water partition coefficient (Wildman–Crippen LogP) is 2.65. The summed E-state index contributed by atoms with van der Waals surface area (Å²) in [6, 6.07) is 12.0. The maximum atomic E-state index is 13.0. The zero-order valence-electron chi connectivity index (χ0n) is 19.6. The van der Waals surface area contributed by atoms with E-state index in [1.54, 1.807) is 6.33 Å². The lowest BCUT2D eigenvalue weighted by molar-refractivity contribution is -0.133. The number of ether oxygens (including phenoxy) is 2. The van der Waals surface area contributed by atoms with Gasteiger partial charge in [-0.1, -0.05) is 17.7 Å². The lowest BCUT2D eigenvalue weighted by atomic mass is 10.1. The number of rotatable bonds is 5. The topological polar surface area (TPSA) is 92.7 Å². The van der Waals surface area contributed by atoms with E-state index in [2.05, 4.69) is 20.9 Å². The third-order valence-electron chi connectivity index (χ3n) is 6.86. The fraction of sp³-hybridized carbons (Fsp3) is 0.346. The fourth-order valence-electron chi connectivity index (χ4n) is 4.89. The second kappa shape index (κ2) is 8.74. The number of fused-ring (bicyclic) bond motifs is 4. The number of nitrogens with one attached hydrogen (secondary N) is 1. The zero-order chi connectivity index (χ0) is 23.9. The lowest BCUT2D eigenvalue weighted by Gasteiger charge is -2.34. The van der Waals surface area contributed by atoms with Crippen molar-refractivity contribution in [2.24, 2.45) is 0 Å². The summed E-state index contributed by atoms with van der Waals surface area (Å²) in [6.07, 6.45) is 1.82. The van der Waals surface area contributed by atoms with Crippen LogP contribution in [-0.4, -0.2) is 63.2 Å². The molecular formula is C26H27N5O4. The Bertz CT molecular complexity index is 1480. The Morgan fingerprint density at radius 3 is 2.74 bits per heavy atom. The Morgan fingerprint density at radius 2 is 1.89 bits per heavy atom. The number of H-pyrrole nitrogens is 1. The fourth-order valence-corrected chi connectivity index (χ4v) is 4.89. The number of carbonyl (C=O) groups excluding carboxylic acids is 1. The van der Waals surface area contributed by atoms with Crippen molar-refractivity contribution in [3.05, 3.63) is 64.2 Å². The Balaban J connectivity index is 1.06. The van der Waals surface area contributed by atoms with Crippen LogP contribution < -0.4 is 15.0 Å². The molecule has 0 aliphatic carbocycles. The first-order chi connectivity index (χ1) is 17.0. The Morgan fingerprint density at radius 1 is 1.06 bits per heavy atom. The van der Waals surface area contributed by atoms with Crippen molar-refractivity contribution in [1.29, 1.82) is 0 Å². The van der Waals surface area contributed by atoms with E-state index in [0.717, 1.165) is 47.6 Å². The molecule has 6 rings (SSSR count). The third kappa shape index (κ3) is 4.12. The van der Waals surface area contributed by atoms with Crippen LogP contribution in [0.3, 0.4) is 0 Å². The minimum absolute atomic E-state index is 0.0620. The van der Waals surface area contributed by atoms with Gasteiger partial charge in [0.2, 0.25) is 12.7 Å².